The molecule has 0 spiro atoms. The van der Waals surface area contributed by atoms with Crippen LogP contribution in [0.2, 0.25) is 0 Å². The molecular formula is C21H36IN5O. The van der Waals surface area contributed by atoms with Gasteiger partial charge in [-0.25, -0.2) is 9.98 Å². The van der Waals surface area contributed by atoms with Crippen molar-refractivity contribution in [1.82, 2.24) is 15.2 Å². The second-order valence-corrected chi connectivity index (χ2v) is 7.71. The van der Waals surface area contributed by atoms with E-state index in [1.165, 1.54) is 25.7 Å². The normalized spacial score (nSPS) is 20.4. The molecule has 2 aliphatic rings. The Morgan fingerprint density at radius 1 is 1.29 bits per heavy atom. The van der Waals surface area contributed by atoms with Gasteiger partial charge in [-0.15, -0.1) is 24.0 Å². The Hall–Kier alpha value is -1.09. The lowest BCUT2D eigenvalue weighted by Gasteiger charge is -2.24. The van der Waals surface area contributed by atoms with Crippen molar-refractivity contribution in [3.05, 3.63) is 23.9 Å². The number of aromatic nitrogens is 1. The smallest absolute Gasteiger partial charge is 0.193 e. The summed E-state index contributed by atoms with van der Waals surface area (Å²) in [6, 6.07) is 4.33. The molecule has 1 aromatic rings. The van der Waals surface area contributed by atoms with Gasteiger partial charge in [-0.05, 0) is 37.8 Å². The molecule has 1 aromatic heterocycles. The first-order valence-corrected chi connectivity index (χ1v) is 10.5. The summed E-state index contributed by atoms with van der Waals surface area (Å²) in [7, 11) is 2.11. The molecule has 2 aliphatic heterocycles. The van der Waals surface area contributed by atoms with Gasteiger partial charge < -0.3 is 19.9 Å². The van der Waals surface area contributed by atoms with Gasteiger partial charge in [0.2, 0.25) is 0 Å². The Balaban J connectivity index is 0.00000280. The van der Waals surface area contributed by atoms with Crippen LogP contribution < -0.4 is 10.2 Å². The first-order chi connectivity index (χ1) is 13.3. The Kier molecular flexibility index (Phi) is 10.3. The molecule has 0 radical (unpaired) electrons. The summed E-state index contributed by atoms with van der Waals surface area (Å²) in [5.74, 6) is 2.67. The molecule has 2 fully saturated rings. The molecular weight excluding hydrogens is 465 g/mol. The van der Waals surface area contributed by atoms with Crippen LogP contribution in [0, 0.1) is 5.92 Å². The molecule has 0 amide bonds. The van der Waals surface area contributed by atoms with Crippen LogP contribution in [0.1, 0.15) is 44.6 Å². The van der Waals surface area contributed by atoms with Crippen molar-refractivity contribution >= 4 is 35.8 Å². The second kappa shape index (κ2) is 12.5. The van der Waals surface area contributed by atoms with Gasteiger partial charge in [0.25, 0.3) is 0 Å². The first-order valence-electron chi connectivity index (χ1n) is 10.5. The number of rotatable bonds is 6. The van der Waals surface area contributed by atoms with Gasteiger partial charge in [-0.1, -0.05) is 18.9 Å². The molecule has 28 heavy (non-hydrogen) atoms. The number of aliphatic imine (C=N–C) groups is 1. The van der Waals surface area contributed by atoms with Crippen LogP contribution in [0.4, 0.5) is 5.82 Å². The predicted molar refractivity (Wildman–Crippen MR) is 127 cm³/mol. The minimum atomic E-state index is 0. The van der Waals surface area contributed by atoms with Crippen LogP contribution in [0.25, 0.3) is 0 Å². The van der Waals surface area contributed by atoms with E-state index in [2.05, 4.69) is 41.2 Å². The maximum atomic E-state index is 5.50. The SMILES string of the molecule is CCNC(=NCc1ccc(N2CCCCCC2)nc1)N(C)CC1CCOC1.I. The zero-order valence-electron chi connectivity index (χ0n) is 17.4. The van der Waals surface area contributed by atoms with Crippen molar-refractivity contribution in [3.8, 4) is 0 Å². The third-order valence-corrected chi connectivity index (χ3v) is 5.40. The lowest BCUT2D eigenvalue weighted by atomic mass is 10.1. The minimum Gasteiger partial charge on any atom is -0.381 e. The number of hydrogen-bond donors (Lipinski definition) is 1. The highest BCUT2D eigenvalue weighted by Crippen LogP contribution is 2.18. The number of anilines is 1. The largest absolute Gasteiger partial charge is 0.381 e. The average Bonchev–Trinajstić information content (AvgIpc) is 3.04. The number of halogens is 1. The van der Waals surface area contributed by atoms with Crippen LogP contribution in [0.15, 0.2) is 23.3 Å². The molecule has 6 nitrogen and oxygen atoms in total. The molecule has 0 aromatic carbocycles. The Bertz CT molecular complexity index is 581. The van der Waals surface area contributed by atoms with E-state index in [1.54, 1.807) is 0 Å². The van der Waals surface area contributed by atoms with Gasteiger partial charge >= 0.3 is 0 Å². The zero-order valence-corrected chi connectivity index (χ0v) is 19.7. The highest BCUT2D eigenvalue weighted by Gasteiger charge is 2.19. The summed E-state index contributed by atoms with van der Waals surface area (Å²) in [4.78, 5) is 14.2. The van der Waals surface area contributed by atoms with Gasteiger partial charge in [0, 0.05) is 51.9 Å². The molecule has 2 saturated heterocycles. The van der Waals surface area contributed by atoms with Gasteiger partial charge in [0.05, 0.1) is 13.2 Å². The van der Waals surface area contributed by atoms with Crippen LogP contribution >= 0.6 is 24.0 Å². The van der Waals surface area contributed by atoms with Crippen molar-refractivity contribution in [2.24, 2.45) is 10.9 Å². The number of nitrogens with zero attached hydrogens (tertiary/aromatic N) is 4. The number of nitrogens with one attached hydrogen (secondary N) is 1. The van der Waals surface area contributed by atoms with Gasteiger partial charge in [-0.2, -0.15) is 0 Å². The van der Waals surface area contributed by atoms with Crippen molar-refractivity contribution < 1.29 is 4.74 Å². The monoisotopic (exact) mass is 501 g/mol. The highest BCUT2D eigenvalue weighted by molar-refractivity contribution is 14.0. The third-order valence-electron chi connectivity index (χ3n) is 5.40. The van der Waals surface area contributed by atoms with Crippen LogP contribution in [-0.4, -0.2) is 62.3 Å². The van der Waals surface area contributed by atoms with Crippen molar-refractivity contribution in [2.45, 2.75) is 45.6 Å². The first kappa shape index (κ1) is 23.2. The summed E-state index contributed by atoms with van der Waals surface area (Å²) in [5.41, 5.74) is 1.15. The molecule has 3 rings (SSSR count). The lowest BCUT2D eigenvalue weighted by Crippen LogP contribution is -2.41. The molecule has 1 atom stereocenters. The van der Waals surface area contributed by atoms with Crippen LogP contribution in [0.5, 0.6) is 0 Å². The zero-order chi connectivity index (χ0) is 18.9. The maximum absolute atomic E-state index is 5.50. The summed E-state index contributed by atoms with van der Waals surface area (Å²) in [5, 5.41) is 3.40. The molecule has 1 unspecified atom stereocenters. The quantitative estimate of drug-likeness (QED) is 0.368. The van der Waals surface area contributed by atoms with Crippen LogP contribution in [0.3, 0.4) is 0 Å². The van der Waals surface area contributed by atoms with E-state index >= 15 is 0 Å². The van der Waals surface area contributed by atoms with Gasteiger partial charge in [0.15, 0.2) is 5.96 Å². The van der Waals surface area contributed by atoms with E-state index in [-0.39, 0.29) is 24.0 Å². The summed E-state index contributed by atoms with van der Waals surface area (Å²) in [6.07, 6.45) is 8.37. The molecule has 158 valence electrons. The fraction of sp³-hybridized carbons (Fsp3) is 0.714. The topological polar surface area (TPSA) is 53.0 Å². The Labute approximate surface area is 187 Å². The Morgan fingerprint density at radius 2 is 2.07 bits per heavy atom. The second-order valence-electron chi connectivity index (χ2n) is 7.71. The number of pyridine rings is 1. The lowest BCUT2D eigenvalue weighted by molar-refractivity contribution is 0.181. The fourth-order valence-electron chi connectivity index (χ4n) is 3.83. The predicted octanol–water partition coefficient (Wildman–Crippen LogP) is 3.51. The molecule has 0 bridgehead atoms. The van der Waals surface area contributed by atoms with Gasteiger partial charge in [-0.3, -0.25) is 0 Å². The van der Waals surface area contributed by atoms with E-state index in [1.807, 2.05) is 6.20 Å². The molecule has 1 N–H and O–H groups in total. The maximum Gasteiger partial charge on any atom is 0.193 e. The molecule has 3 heterocycles. The third kappa shape index (κ3) is 7.06. The summed E-state index contributed by atoms with van der Waals surface area (Å²) in [6.45, 7) is 8.64. The fourth-order valence-corrected chi connectivity index (χ4v) is 3.83. The average molecular weight is 501 g/mol. The number of guanidine groups is 1. The number of hydrogen-bond acceptors (Lipinski definition) is 4. The van der Waals surface area contributed by atoms with E-state index < -0.39 is 0 Å². The van der Waals surface area contributed by atoms with E-state index in [0.717, 1.165) is 63.2 Å². The molecule has 0 aliphatic carbocycles. The summed E-state index contributed by atoms with van der Waals surface area (Å²) >= 11 is 0. The van der Waals surface area contributed by atoms with Crippen molar-refractivity contribution in [3.63, 3.8) is 0 Å². The van der Waals surface area contributed by atoms with E-state index in [9.17, 15) is 0 Å². The van der Waals surface area contributed by atoms with E-state index in [4.69, 9.17) is 14.7 Å². The number of ether oxygens (including phenoxy) is 1. The standard InChI is InChI=1S/C21H35N5O.HI/c1-3-22-21(25(2)16-19-10-13-27-17-19)24-15-18-8-9-20(23-14-18)26-11-6-4-5-7-12-26;/h8-9,14,19H,3-7,10-13,15-17H2,1-2H3,(H,22,24);1H. The van der Waals surface area contributed by atoms with Gasteiger partial charge in [0.1, 0.15) is 5.82 Å². The van der Waals surface area contributed by atoms with Crippen molar-refractivity contribution in [1.29, 1.82) is 0 Å². The highest BCUT2D eigenvalue weighted by atomic mass is 127. The molecule has 7 heteroatoms. The van der Waals surface area contributed by atoms with Crippen molar-refractivity contribution in [2.75, 3.05) is 51.3 Å². The Morgan fingerprint density at radius 3 is 2.68 bits per heavy atom. The summed E-state index contributed by atoms with van der Waals surface area (Å²) < 4.78 is 5.50. The minimum absolute atomic E-state index is 0. The van der Waals surface area contributed by atoms with Crippen LogP contribution in [-0.2, 0) is 11.3 Å². The van der Waals surface area contributed by atoms with E-state index in [0.29, 0.717) is 12.5 Å². The molecule has 0 saturated carbocycles.